The monoisotopic (exact) mass is 284 g/mol. The van der Waals surface area contributed by atoms with Crippen molar-refractivity contribution in [3.63, 3.8) is 0 Å². The zero-order valence-corrected chi connectivity index (χ0v) is 13.1. The van der Waals surface area contributed by atoms with Gasteiger partial charge in [0, 0.05) is 5.41 Å². The first-order valence-electron chi connectivity index (χ1n) is 7.36. The van der Waals surface area contributed by atoms with Gasteiger partial charge in [0.1, 0.15) is 0 Å². The van der Waals surface area contributed by atoms with E-state index in [9.17, 15) is 10.2 Å². The molecular weight excluding hydrogens is 260 g/mol. The third-order valence-electron chi connectivity index (χ3n) is 4.38. The summed E-state index contributed by atoms with van der Waals surface area (Å²) in [4.78, 5) is 0. The molecule has 0 amide bonds. The van der Waals surface area contributed by atoms with Gasteiger partial charge in [0.05, 0.1) is 13.2 Å². The molecule has 2 aromatic carbocycles. The van der Waals surface area contributed by atoms with E-state index in [-0.39, 0.29) is 13.2 Å². The molecule has 2 nitrogen and oxygen atoms in total. The van der Waals surface area contributed by atoms with Crippen molar-refractivity contribution in [1.82, 2.24) is 0 Å². The lowest BCUT2D eigenvalue weighted by Crippen LogP contribution is -2.37. The van der Waals surface area contributed by atoms with E-state index >= 15 is 0 Å². The van der Waals surface area contributed by atoms with Crippen LogP contribution in [-0.2, 0) is 11.8 Å². The SMILES string of the molecule is Cc1ccc(C(CO)(CO)Cc2ccc(C)c(C)c2)cc1. The van der Waals surface area contributed by atoms with Crippen LogP contribution in [0.25, 0.3) is 0 Å². The van der Waals surface area contributed by atoms with Crippen LogP contribution in [0.3, 0.4) is 0 Å². The summed E-state index contributed by atoms with van der Waals surface area (Å²) in [5, 5.41) is 19.8. The molecule has 2 rings (SSSR count). The topological polar surface area (TPSA) is 40.5 Å². The van der Waals surface area contributed by atoms with Gasteiger partial charge in [-0.1, -0.05) is 48.0 Å². The van der Waals surface area contributed by atoms with Gasteiger partial charge >= 0.3 is 0 Å². The van der Waals surface area contributed by atoms with Crippen LogP contribution in [0.5, 0.6) is 0 Å². The fourth-order valence-corrected chi connectivity index (χ4v) is 2.66. The van der Waals surface area contributed by atoms with Crippen LogP contribution >= 0.6 is 0 Å². The Hall–Kier alpha value is -1.64. The predicted octanol–water partition coefficient (Wildman–Crippen LogP) is 3.08. The molecule has 2 heteroatoms. The van der Waals surface area contributed by atoms with Gasteiger partial charge in [-0.15, -0.1) is 0 Å². The van der Waals surface area contributed by atoms with Gasteiger partial charge in [0.2, 0.25) is 0 Å². The average molecular weight is 284 g/mol. The highest BCUT2D eigenvalue weighted by atomic mass is 16.3. The maximum absolute atomic E-state index is 9.92. The van der Waals surface area contributed by atoms with Crippen LogP contribution in [0.2, 0.25) is 0 Å². The maximum atomic E-state index is 9.92. The molecule has 0 aromatic heterocycles. The van der Waals surface area contributed by atoms with E-state index in [0.29, 0.717) is 6.42 Å². The molecule has 0 unspecified atom stereocenters. The molecule has 0 aliphatic carbocycles. The van der Waals surface area contributed by atoms with Crippen LogP contribution in [0, 0.1) is 20.8 Å². The van der Waals surface area contributed by atoms with E-state index in [1.54, 1.807) is 0 Å². The average Bonchev–Trinajstić information content (AvgIpc) is 2.49. The second-order valence-corrected chi connectivity index (χ2v) is 6.06. The van der Waals surface area contributed by atoms with E-state index < -0.39 is 5.41 Å². The number of aliphatic hydroxyl groups excluding tert-OH is 2. The zero-order valence-electron chi connectivity index (χ0n) is 13.1. The molecule has 2 N–H and O–H groups in total. The number of aryl methyl sites for hydroxylation is 3. The summed E-state index contributed by atoms with van der Waals surface area (Å²) in [5.74, 6) is 0. The summed E-state index contributed by atoms with van der Waals surface area (Å²) in [6.45, 7) is 6.07. The lowest BCUT2D eigenvalue weighted by atomic mass is 9.76. The quantitative estimate of drug-likeness (QED) is 0.886. The van der Waals surface area contributed by atoms with E-state index in [2.05, 4.69) is 32.0 Å². The van der Waals surface area contributed by atoms with Crippen molar-refractivity contribution in [2.45, 2.75) is 32.6 Å². The van der Waals surface area contributed by atoms with Gasteiger partial charge in [-0.25, -0.2) is 0 Å². The highest BCUT2D eigenvalue weighted by molar-refractivity contribution is 5.35. The van der Waals surface area contributed by atoms with Gasteiger partial charge in [0.25, 0.3) is 0 Å². The van der Waals surface area contributed by atoms with Crippen molar-refractivity contribution in [1.29, 1.82) is 0 Å². The van der Waals surface area contributed by atoms with Crippen molar-refractivity contribution < 1.29 is 10.2 Å². The first kappa shape index (κ1) is 15.7. The molecular formula is C19H24O2. The van der Waals surface area contributed by atoms with Crippen molar-refractivity contribution in [3.05, 3.63) is 70.3 Å². The highest BCUT2D eigenvalue weighted by Gasteiger charge is 2.31. The molecule has 0 radical (unpaired) electrons. The number of benzene rings is 2. The molecule has 2 aromatic rings. The molecule has 0 aliphatic rings. The van der Waals surface area contributed by atoms with Gasteiger partial charge in [0.15, 0.2) is 0 Å². The van der Waals surface area contributed by atoms with Crippen molar-refractivity contribution >= 4 is 0 Å². The Morgan fingerprint density at radius 2 is 1.43 bits per heavy atom. The third-order valence-corrected chi connectivity index (χ3v) is 4.38. The van der Waals surface area contributed by atoms with Gasteiger partial charge in [-0.3, -0.25) is 0 Å². The molecule has 0 aliphatic heterocycles. The molecule has 0 bridgehead atoms. The number of rotatable bonds is 5. The van der Waals surface area contributed by atoms with Crippen LogP contribution < -0.4 is 0 Å². The summed E-state index contributed by atoms with van der Waals surface area (Å²) < 4.78 is 0. The standard InChI is InChI=1S/C19H24O2/c1-14-4-8-18(9-5-14)19(12-20,13-21)11-17-7-6-15(2)16(3)10-17/h4-10,20-21H,11-13H2,1-3H3. The lowest BCUT2D eigenvalue weighted by molar-refractivity contribution is 0.116. The van der Waals surface area contributed by atoms with Gasteiger partial charge < -0.3 is 10.2 Å². The largest absolute Gasteiger partial charge is 0.395 e. The normalized spacial score (nSPS) is 11.7. The Labute approximate surface area is 127 Å². The minimum atomic E-state index is -0.630. The van der Waals surface area contributed by atoms with Gasteiger partial charge in [-0.2, -0.15) is 0 Å². The fourth-order valence-electron chi connectivity index (χ4n) is 2.66. The molecule has 0 spiro atoms. The molecule has 0 fully saturated rings. The molecule has 0 saturated carbocycles. The predicted molar refractivity (Wildman–Crippen MR) is 86.6 cm³/mol. The maximum Gasteiger partial charge on any atom is 0.0553 e. The van der Waals surface area contributed by atoms with E-state index in [1.807, 2.05) is 31.2 Å². The van der Waals surface area contributed by atoms with E-state index in [0.717, 1.165) is 11.1 Å². The Balaban J connectivity index is 2.37. The Bertz CT molecular complexity index is 595. The van der Waals surface area contributed by atoms with Crippen molar-refractivity contribution in [2.75, 3.05) is 13.2 Å². The molecule has 21 heavy (non-hydrogen) atoms. The Kier molecular flexibility index (Phi) is 4.81. The molecule has 112 valence electrons. The smallest absolute Gasteiger partial charge is 0.0553 e. The van der Waals surface area contributed by atoms with Crippen molar-refractivity contribution in [3.8, 4) is 0 Å². The molecule has 0 saturated heterocycles. The second kappa shape index (κ2) is 6.42. The van der Waals surface area contributed by atoms with Crippen LogP contribution in [0.1, 0.15) is 27.8 Å². The highest BCUT2D eigenvalue weighted by Crippen LogP contribution is 2.29. The summed E-state index contributed by atoms with van der Waals surface area (Å²) in [5.41, 5.74) is 5.16. The summed E-state index contributed by atoms with van der Waals surface area (Å²) in [6.07, 6.45) is 0.629. The summed E-state index contributed by atoms with van der Waals surface area (Å²) in [7, 11) is 0. The second-order valence-electron chi connectivity index (χ2n) is 6.06. The van der Waals surface area contributed by atoms with Crippen LogP contribution in [-0.4, -0.2) is 23.4 Å². The first-order chi connectivity index (χ1) is 10.0. The van der Waals surface area contributed by atoms with E-state index in [1.165, 1.54) is 16.7 Å². The first-order valence-corrected chi connectivity index (χ1v) is 7.36. The van der Waals surface area contributed by atoms with Crippen LogP contribution in [0.4, 0.5) is 0 Å². The fraction of sp³-hybridized carbons (Fsp3) is 0.368. The van der Waals surface area contributed by atoms with Gasteiger partial charge in [-0.05, 0) is 49.4 Å². The zero-order chi connectivity index (χ0) is 15.5. The number of hydrogen-bond acceptors (Lipinski definition) is 2. The minimum Gasteiger partial charge on any atom is -0.395 e. The Morgan fingerprint density at radius 1 is 0.810 bits per heavy atom. The van der Waals surface area contributed by atoms with Crippen molar-refractivity contribution in [2.24, 2.45) is 0 Å². The number of hydrogen-bond donors (Lipinski definition) is 2. The third kappa shape index (κ3) is 3.34. The summed E-state index contributed by atoms with van der Waals surface area (Å²) in [6, 6.07) is 14.4. The summed E-state index contributed by atoms with van der Waals surface area (Å²) >= 11 is 0. The molecule has 0 atom stereocenters. The minimum absolute atomic E-state index is 0.0700. The van der Waals surface area contributed by atoms with Crippen LogP contribution in [0.15, 0.2) is 42.5 Å². The van der Waals surface area contributed by atoms with E-state index in [4.69, 9.17) is 0 Å². The Morgan fingerprint density at radius 3 is 1.95 bits per heavy atom. The number of aliphatic hydroxyl groups is 2. The molecule has 0 heterocycles. The lowest BCUT2D eigenvalue weighted by Gasteiger charge is -2.31.